The molecule has 0 spiro atoms. The third kappa shape index (κ3) is 3.67. The van der Waals surface area contributed by atoms with Gasteiger partial charge in [0.1, 0.15) is 0 Å². The van der Waals surface area contributed by atoms with Gasteiger partial charge in [-0.1, -0.05) is 39.3 Å². The summed E-state index contributed by atoms with van der Waals surface area (Å²) in [6, 6.07) is 4.37. The van der Waals surface area contributed by atoms with Crippen molar-refractivity contribution in [1.82, 2.24) is 0 Å². The molecular weight excluding hydrogens is 188 g/mol. The van der Waals surface area contributed by atoms with Crippen LogP contribution in [0.25, 0.3) is 5.57 Å². The zero-order valence-electron chi connectivity index (χ0n) is 9.42. The molecule has 1 heteroatoms. The van der Waals surface area contributed by atoms with Crippen molar-refractivity contribution in [3.8, 4) is 0 Å². The Morgan fingerprint density at radius 3 is 2.79 bits per heavy atom. The van der Waals surface area contributed by atoms with Crippen LogP contribution >= 0.6 is 11.3 Å². The summed E-state index contributed by atoms with van der Waals surface area (Å²) in [5.41, 5.74) is 1.54. The van der Waals surface area contributed by atoms with Crippen molar-refractivity contribution in [3.05, 3.63) is 28.5 Å². The van der Waals surface area contributed by atoms with E-state index < -0.39 is 0 Å². The second-order valence-corrected chi connectivity index (χ2v) is 4.96. The maximum atomic E-state index is 2.40. The van der Waals surface area contributed by atoms with Gasteiger partial charge < -0.3 is 0 Å². The molecule has 0 nitrogen and oxygen atoms in total. The molecule has 0 amide bonds. The van der Waals surface area contributed by atoms with Gasteiger partial charge in [0.2, 0.25) is 0 Å². The Hall–Kier alpha value is -0.560. The highest BCUT2D eigenvalue weighted by Crippen LogP contribution is 2.26. The van der Waals surface area contributed by atoms with Gasteiger partial charge in [0.05, 0.1) is 0 Å². The third-order valence-corrected chi connectivity index (χ3v) is 3.12. The number of rotatable bonds is 5. The van der Waals surface area contributed by atoms with Gasteiger partial charge in [-0.15, -0.1) is 11.3 Å². The third-order valence-electron chi connectivity index (χ3n) is 2.17. The van der Waals surface area contributed by atoms with Crippen LogP contribution in [0.1, 0.15) is 44.9 Å². The lowest BCUT2D eigenvalue weighted by atomic mass is 10.0. The van der Waals surface area contributed by atoms with E-state index in [2.05, 4.69) is 44.4 Å². The minimum atomic E-state index is 0.656. The first-order valence-corrected chi connectivity index (χ1v) is 6.36. The summed E-state index contributed by atoms with van der Waals surface area (Å²) in [5, 5.41) is 2.16. The lowest BCUT2D eigenvalue weighted by Gasteiger charge is -2.06. The van der Waals surface area contributed by atoms with Crippen molar-refractivity contribution in [3.63, 3.8) is 0 Å². The SMILES string of the molecule is CCCC/C(=C\C(C)C)c1cccs1. The molecule has 0 fully saturated rings. The minimum absolute atomic E-state index is 0.656. The molecule has 1 heterocycles. The normalized spacial score (nSPS) is 12.4. The van der Waals surface area contributed by atoms with Gasteiger partial charge >= 0.3 is 0 Å². The number of thiophene rings is 1. The first kappa shape index (κ1) is 11.5. The van der Waals surface area contributed by atoms with Crippen LogP contribution in [-0.2, 0) is 0 Å². The van der Waals surface area contributed by atoms with Gasteiger partial charge in [-0.05, 0) is 35.8 Å². The van der Waals surface area contributed by atoms with E-state index in [-0.39, 0.29) is 0 Å². The fourth-order valence-corrected chi connectivity index (χ4v) is 2.30. The van der Waals surface area contributed by atoms with Crippen LogP contribution in [-0.4, -0.2) is 0 Å². The summed E-state index contributed by atoms with van der Waals surface area (Å²) in [4.78, 5) is 1.45. The maximum Gasteiger partial charge on any atom is 0.0299 e. The smallest absolute Gasteiger partial charge is 0.0299 e. The average Bonchev–Trinajstić information content (AvgIpc) is 2.64. The quantitative estimate of drug-likeness (QED) is 0.640. The largest absolute Gasteiger partial charge is 0.144 e. The summed E-state index contributed by atoms with van der Waals surface area (Å²) in [7, 11) is 0. The molecule has 0 aliphatic carbocycles. The van der Waals surface area contributed by atoms with Crippen molar-refractivity contribution in [1.29, 1.82) is 0 Å². The van der Waals surface area contributed by atoms with Gasteiger partial charge in [0, 0.05) is 4.88 Å². The molecule has 0 N–H and O–H groups in total. The van der Waals surface area contributed by atoms with E-state index in [0.29, 0.717) is 5.92 Å². The maximum absolute atomic E-state index is 2.40. The van der Waals surface area contributed by atoms with E-state index in [0.717, 1.165) is 0 Å². The monoisotopic (exact) mass is 208 g/mol. The minimum Gasteiger partial charge on any atom is -0.144 e. The van der Waals surface area contributed by atoms with Crippen LogP contribution in [0.5, 0.6) is 0 Å². The van der Waals surface area contributed by atoms with Crippen LogP contribution in [0, 0.1) is 5.92 Å². The highest BCUT2D eigenvalue weighted by Gasteiger charge is 2.02. The van der Waals surface area contributed by atoms with Crippen LogP contribution in [0.2, 0.25) is 0 Å². The Kier molecular flexibility index (Phi) is 4.95. The predicted molar refractivity (Wildman–Crippen MR) is 66.7 cm³/mol. The molecule has 0 aromatic carbocycles. The fourth-order valence-electron chi connectivity index (χ4n) is 1.52. The Labute approximate surface area is 91.7 Å². The number of hydrogen-bond acceptors (Lipinski definition) is 1. The Balaban J connectivity index is 2.72. The topological polar surface area (TPSA) is 0 Å². The van der Waals surface area contributed by atoms with E-state index >= 15 is 0 Å². The molecule has 0 unspecified atom stereocenters. The van der Waals surface area contributed by atoms with E-state index in [1.54, 1.807) is 0 Å². The van der Waals surface area contributed by atoms with E-state index in [1.807, 2.05) is 11.3 Å². The van der Waals surface area contributed by atoms with Gasteiger partial charge in [-0.3, -0.25) is 0 Å². The molecule has 0 saturated heterocycles. The molecular formula is C13H20S. The van der Waals surface area contributed by atoms with E-state index in [9.17, 15) is 0 Å². The molecule has 1 aromatic heterocycles. The molecule has 0 bridgehead atoms. The van der Waals surface area contributed by atoms with E-state index in [1.165, 1.54) is 29.7 Å². The molecule has 0 atom stereocenters. The average molecular weight is 208 g/mol. The van der Waals surface area contributed by atoms with Crippen molar-refractivity contribution in [2.24, 2.45) is 5.92 Å². The second-order valence-electron chi connectivity index (χ2n) is 4.02. The predicted octanol–water partition coefficient (Wildman–Crippen LogP) is 4.98. The zero-order chi connectivity index (χ0) is 10.4. The number of allylic oxidation sites excluding steroid dienone is 2. The number of hydrogen-bond donors (Lipinski definition) is 0. The summed E-state index contributed by atoms with van der Waals surface area (Å²) in [6.45, 7) is 6.75. The molecule has 78 valence electrons. The second kappa shape index (κ2) is 6.02. The fraction of sp³-hybridized carbons (Fsp3) is 0.538. The zero-order valence-corrected chi connectivity index (χ0v) is 10.2. The van der Waals surface area contributed by atoms with Crippen molar-refractivity contribution >= 4 is 16.9 Å². The molecule has 0 radical (unpaired) electrons. The first-order chi connectivity index (χ1) is 6.74. The van der Waals surface area contributed by atoms with Crippen molar-refractivity contribution in [2.75, 3.05) is 0 Å². The van der Waals surface area contributed by atoms with E-state index in [4.69, 9.17) is 0 Å². The number of unbranched alkanes of at least 4 members (excludes halogenated alkanes) is 1. The van der Waals surface area contributed by atoms with Gasteiger partial charge in [0.25, 0.3) is 0 Å². The summed E-state index contributed by atoms with van der Waals surface area (Å²) >= 11 is 1.86. The van der Waals surface area contributed by atoms with Gasteiger partial charge in [0.15, 0.2) is 0 Å². The summed E-state index contributed by atoms with van der Waals surface area (Å²) in [6.07, 6.45) is 6.22. The lowest BCUT2D eigenvalue weighted by Crippen LogP contribution is -1.86. The Morgan fingerprint density at radius 2 is 2.29 bits per heavy atom. The lowest BCUT2D eigenvalue weighted by molar-refractivity contribution is 0.800. The Bertz CT molecular complexity index is 267. The first-order valence-electron chi connectivity index (χ1n) is 5.48. The summed E-state index contributed by atoms with van der Waals surface area (Å²) < 4.78 is 0. The van der Waals surface area contributed by atoms with Crippen LogP contribution in [0.3, 0.4) is 0 Å². The molecule has 0 aliphatic heterocycles. The highest BCUT2D eigenvalue weighted by molar-refractivity contribution is 7.11. The highest BCUT2D eigenvalue weighted by atomic mass is 32.1. The van der Waals surface area contributed by atoms with Crippen LogP contribution in [0.4, 0.5) is 0 Å². The van der Waals surface area contributed by atoms with Crippen LogP contribution in [0.15, 0.2) is 23.6 Å². The van der Waals surface area contributed by atoms with Crippen LogP contribution < -0.4 is 0 Å². The Morgan fingerprint density at radius 1 is 1.50 bits per heavy atom. The molecule has 14 heavy (non-hydrogen) atoms. The van der Waals surface area contributed by atoms with Crippen molar-refractivity contribution < 1.29 is 0 Å². The molecule has 1 rings (SSSR count). The summed E-state index contributed by atoms with van der Waals surface area (Å²) in [5.74, 6) is 0.656. The standard InChI is InChI=1S/C13H20S/c1-4-5-7-12(10-11(2)3)13-8-6-9-14-13/h6,8-11H,4-5,7H2,1-3H3/b12-10+. The van der Waals surface area contributed by atoms with Crippen molar-refractivity contribution in [2.45, 2.75) is 40.0 Å². The molecule has 0 saturated carbocycles. The molecule has 1 aromatic rings. The molecule has 0 aliphatic rings. The van der Waals surface area contributed by atoms with Gasteiger partial charge in [-0.25, -0.2) is 0 Å². The van der Waals surface area contributed by atoms with Gasteiger partial charge in [-0.2, -0.15) is 0 Å².